The summed E-state index contributed by atoms with van der Waals surface area (Å²) < 4.78 is 6.22. The summed E-state index contributed by atoms with van der Waals surface area (Å²) in [6.07, 6.45) is 2.91. The smallest absolute Gasteiger partial charge is 0.227 e. The predicted octanol–water partition coefficient (Wildman–Crippen LogP) is 6.76. The van der Waals surface area contributed by atoms with Gasteiger partial charge in [0.05, 0.1) is 5.69 Å². The monoisotopic (exact) mass is 358 g/mol. The van der Waals surface area contributed by atoms with Crippen molar-refractivity contribution >= 4 is 22.1 Å². The van der Waals surface area contributed by atoms with E-state index in [4.69, 9.17) is 9.40 Å². The summed E-state index contributed by atoms with van der Waals surface area (Å²) in [5, 5.41) is 2.15. The summed E-state index contributed by atoms with van der Waals surface area (Å²) in [4.78, 5) is 9.35. The minimum atomic E-state index is 0.237. The normalized spacial score (nSPS) is 12.4. The van der Waals surface area contributed by atoms with Gasteiger partial charge in [0.2, 0.25) is 5.71 Å². The number of hydrogen-bond donors (Lipinski definition) is 0. The first-order chi connectivity index (χ1) is 12.8. The van der Waals surface area contributed by atoms with Crippen LogP contribution in [0.2, 0.25) is 0 Å². The van der Waals surface area contributed by atoms with Crippen LogP contribution in [-0.4, -0.2) is 9.97 Å². The summed E-state index contributed by atoms with van der Waals surface area (Å²) in [6.45, 7) is 11.1. The minimum Gasteiger partial charge on any atom is -0.437 e. The van der Waals surface area contributed by atoms with Gasteiger partial charge in [-0.1, -0.05) is 46.8 Å². The van der Waals surface area contributed by atoms with Crippen molar-refractivity contribution in [2.45, 2.75) is 47.0 Å². The number of para-hydroxylation sites is 1. The van der Waals surface area contributed by atoms with Gasteiger partial charge in [0.25, 0.3) is 0 Å². The molecule has 0 unspecified atom stereocenters. The van der Waals surface area contributed by atoms with Gasteiger partial charge in [-0.05, 0) is 53.6 Å². The first kappa shape index (κ1) is 17.7. The Morgan fingerprint density at radius 3 is 2.56 bits per heavy atom. The zero-order chi connectivity index (χ0) is 19.2. The average molecular weight is 358 g/mol. The Balaban J connectivity index is 1.87. The standard InChI is InChI=1S/C24H26N2O/c1-15(2)20-10-9-18-17-7-6-8-19(22(17)27-23(18)26-20)21-13-16(11-12-25-21)14-24(3,4)5/h6-13,15H,14H2,1-5H3. The van der Waals surface area contributed by atoms with E-state index in [0.29, 0.717) is 11.6 Å². The van der Waals surface area contributed by atoms with E-state index < -0.39 is 0 Å². The minimum absolute atomic E-state index is 0.237. The lowest BCUT2D eigenvalue weighted by Crippen LogP contribution is -2.09. The van der Waals surface area contributed by atoms with Crippen molar-refractivity contribution in [3.05, 3.63) is 59.9 Å². The van der Waals surface area contributed by atoms with E-state index in [1.165, 1.54) is 5.56 Å². The van der Waals surface area contributed by atoms with Gasteiger partial charge >= 0.3 is 0 Å². The molecule has 0 saturated carbocycles. The molecule has 27 heavy (non-hydrogen) atoms. The molecular weight excluding hydrogens is 332 g/mol. The molecule has 138 valence electrons. The Kier molecular flexibility index (Phi) is 4.26. The first-order valence-electron chi connectivity index (χ1n) is 9.59. The summed E-state index contributed by atoms with van der Waals surface area (Å²) in [5.74, 6) is 0.373. The van der Waals surface area contributed by atoms with Crippen LogP contribution in [0, 0.1) is 5.41 Å². The topological polar surface area (TPSA) is 38.9 Å². The maximum atomic E-state index is 6.22. The van der Waals surface area contributed by atoms with Gasteiger partial charge in [0.15, 0.2) is 0 Å². The number of hydrogen-bond acceptors (Lipinski definition) is 3. The molecule has 0 fully saturated rings. The van der Waals surface area contributed by atoms with Crippen molar-refractivity contribution in [3.8, 4) is 11.3 Å². The highest BCUT2D eigenvalue weighted by Gasteiger charge is 2.16. The van der Waals surface area contributed by atoms with Gasteiger partial charge in [-0.3, -0.25) is 4.98 Å². The average Bonchev–Trinajstić information content (AvgIpc) is 2.98. The van der Waals surface area contributed by atoms with E-state index in [-0.39, 0.29) is 5.41 Å². The van der Waals surface area contributed by atoms with Gasteiger partial charge in [-0.15, -0.1) is 0 Å². The van der Waals surface area contributed by atoms with E-state index in [2.05, 4.69) is 82.1 Å². The first-order valence-corrected chi connectivity index (χ1v) is 9.59. The van der Waals surface area contributed by atoms with Crippen molar-refractivity contribution in [1.29, 1.82) is 0 Å². The van der Waals surface area contributed by atoms with Crippen LogP contribution in [0.4, 0.5) is 0 Å². The molecule has 4 aromatic rings. The molecule has 0 radical (unpaired) electrons. The lowest BCUT2D eigenvalue weighted by Gasteiger charge is -2.18. The quantitative estimate of drug-likeness (QED) is 0.406. The molecule has 0 amide bonds. The van der Waals surface area contributed by atoms with Crippen LogP contribution in [0.5, 0.6) is 0 Å². The Morgan fingerprint density at radius 1 is 1.00 bits per heavy atom. The SMILES string of the molecule is CC(C)c1ccc2c(n1)oc1c(-c3cc(CC(C)(C)C)ccn3)cccc12. The number of furan rings is 1. The van der Waals surface area contributed by atoms with E-state index in [1.54, 1.807) is 0 Å². The molecule has 0 aliphatic rings. The third-order valence-corrected chi connectivity index (χ3v) is 4.81. The lowest BCUT2D eigenvalue weighted by atomic mass is 9.88. The summed E-state index contributed by atoms with van der Waals surface area (Å²) in [7, 11) is 0. The zero-order valence-electron chi connectivity index (χ0n) is 16.7. The van der Waals surface area contributed by atoms with Crippen molar-refractivity contribution in [3.63, 3.8) is 0 Å². The van der Waals surface area contributed by atoms with Gasteiger partial charge in [0.1, 0.15) is 5.58 Å². The number of fused-ring (bicyclic) bond motifs is 3. The van der Waals surface area contributed by atoms with Crippen LogP contribution in [0.15, 0.2) is 53.1 Å². The highest BCUT2D eigenvalue weighted by molar-refractivity contribution is 6.08. The van der Waals surface area contributed by atoms with E-state index in [1.807, 2.05) is 6.20 Å². The van der Waals surface area contributed by atoms with Crippen molar-refractivity contribution in [2.75, 3.05) is 0 Å². The Hall–Kier alpha value is -2.68. The molecule has 0 aliphatic heterocycles. The largest absolute Gasteiger partial charge is 0.437 e. The highest BCUT2D eigenvalue weighted by atomic mass is 16.3. The van der Waals surface area contributed by atoms with Crippen LogP contribution >= 0.6 is 0 Å². The number of benzene rings is 1. The second kappa shape index (κ2) is 6.49. The number of pyridine rings is 2. The van der Waals surface area contributed by atoms with Crippen molar-refractivity contribution < 1.29 is 4.42 Å². The Bertz CT molecular complexity index is 1120. The highest BCUT2D eigenvalue weighted by Crippen LogP contribution is 2.35. The van der Waals surface area contributed by atoms with Gasteiger partial charge < -0.3 is 4.42 Å². The molecule has 3 heteroatoms. The van der Waals surface area contributed by atoms with Gasteiger partial charge in [-0.2, -0.15) is 0 Å². The van der Waals surface area contributed by atoms with Crippen LogP contribution < -0.4 is 0 Å². The summed E-state index contributed by atoms with van der Waals surface area (Å²) in [5.41, 5.74) is 6.11. The van der Waals surface area contributed by atoms with Gasteiger partial charge in [-0.25, -0.2) is 4.98 Å². The fourth-order valence-corrected chi connectivity index (χ4v) is 3.56. The summed E-state index contributed by atoms with van der Waals surface area (Å²) >= 11 is 0. The van der Waals surface area contributed by atoms with Crippen molar-refractivity contribution in [2.24, 2.45) is 5.41 Å². The third-order valence-electron chi connectivity index (χ3n) is 4.81. The maximum absolute atomic E-state index is 6.22. The second-order valence-corrected chi connectivity index (χ2v) is 8.81. The van der Waals surface area contributed by atoms with E-state index in [9.17, 15) is 0 Å². The fraction of sp³-hybridized carbons (Fsp3) is 0.333. The molecule has 0 bridgehead atoms. The number of aromatic nitrogens is 2. The molecule has 0 atom stereocenters. The van der Waals surface area contributed by atoms with Crippen molar-refractivity contribution in [1.82, 2.24) is 9.97 Å². The van der Waals surface area contributed by atoms with E-state index >= 15 is 0 Å². The molecule has 3 aromatic heterocycles. The number of nitrogens with zero attached hydrogens (tertiary/aromatic N) is 2. The molecule has 0 aliphatic carbocycles. The van der Waals surface area contributed by atoms with Crippen LogP contribution in [0.25, 0.3) is 33.3 Å². The molecule has 4 rings (SSSR count). The maximum Gasteiger partial charge on any atom is 0.227 e. The van der Waals surface area contributed by atoms with Crippen LogP contribution in [0.3, 0.4) is 0 Å². The molecule has 0 saturated heterocycles. The van der Waals surface area contributed by atoms with E-state index in [0.717, 1.165) is 39.7 Å². The van der Waals surface area contributed by atoms with Gasteiger partial charge in [0, 0.05) is 28.2 Å². The predicted molar refractivity (Wildman–Crippen MR) is 112 cm³/mol. The molecule has 3 nitrogen and oxygen atoms in total. The molecule has 0 N–H and O–H groups in total. The van der Waals surface area contributed by atoms with Crippen LogP contribution in [0.1, 0.15) is 51.8 Å². The third kappa shape index (κ3) is 3.46. The second-order valence-electron chi connectivity index (χ2n) is 8.81. The number of rotatable bonds is 3. The fourth-order valence-electron chi connectivity index (χ4n) is 3.56. The van der Waals surface area contributed by atoms with Crippen LogP contribution in [-0.2, 0) is 6.42 Å². The summed E-state index contributed by atoms with van der Waals surface area (Å²) in [6, 6.07) is 14.7. The Labute approximate surface area is 160 Å². The Morgan fingerprint density at radius 2 is 1.81 bits per heavy atom. The molecular formula is C24H26N2O. The zero-order valence-corrected chi connectivity index (χ0v) is 16.7. The lowest BCUT2D eigenvalue weighted by molar-refractivity contribution is 0.411. The molecule has 1 aromatic carbocycles. The molecule has 0 spiro atoms. The molecule has 3 heterocycles.